The van der Waals surface area contributed by atoms with E-state index in [4.69, 9.17) is 0 Å². The number of carbonyl (C=O) groups excluding carboxylic acids is 1. The molecule has 1 amide bonds. The Labute approximate surface area is 136 Å². The lowest BCUT2D eigenvalue weighted by Gasteiger charge is -2.26. The summed E-state index contributed by atoms with van der Waals surface area (Å²) >= 11 is 0. The lowest BCUT2D eigenvalue weighted by atomic mass is 9.93. The van der Waals surface area contributed by atoms with Crippen LogP contribution in [0.3, 0.4) is 0 Å². The van der Waals surface area contributed by atoms with Gasteiger partial charge in [-0.3, -0.25) is 4.79 Å². The molecule has 0 atom stereocenters. The Morgan fingerprint density at radius 3 is 2.78 bits per heavy atom. The number of hydrogen-bond acceptors (Lipinski definition) is 3. The van der Waals surface area contributed by atoms with E-state index in [0.29, 0.717) is 13.0 Å². The van der Waals surface area contributed by atoms with E-state index in [2.05, 4.69) is 27.9 Å². The molecule has 0 radical (unpaired) electrons. The minimum atomic E-state index is -0.187. The SMILES string of the molecule is CCc1nc2ccccc2n1CCC(=O)NC1CCC(O)CC1. The molecule has 0 bridgehead atoms. The number of nitrogens with one attached hydrogen (secondary N) is 1. The van der Waals surface area contributed by atoms with Crippen LogP contribution in [0.5, 0.6) is 0 Å². The van der Waals surface area contributed by atoms with Crippen LogP contribution < -0.4 is 5.32 Å². The minimum absolute atomic E-state index is 0.0891. The fourth-order valence-electron chi connectivity index (χ4n) is 3.38. The molecule has 0 spiro atoms. The van der Waals surface area contributed by atoms with Gasteiger partial charge in [0.15, 0.2) is 0 Å². The van der Waals surface area contributed by atoms with E-state index in [0.717, 1.165) is 49.0 Å². The normalized spacial score (nSPS) is 21.5. The van der Waals surface area contributed by atoms with Crippen LogP contribution in [-0.2, 0) is 17.8 Å². The molecule has 1 heterocycles. The molecule has 0 unspecified atom stereocenters. The van der Waals surface area contributed by atoms with Crippen LogP contribution >= 0.6 is 0 Å². The van der Waals surface area contributed by atoms with Crippen molar-refractivity contribution in [2.24, 2.45) is 0 Å². The van der Waals surface area contributed by atoms with Gasteiger partial charge in [0.05, 0.1) is 17.1 Å². The Kier molecular flexibility index (Phi) is 4.96. The second kappa shape index (κ2) is 7.13. The summed E-state index contributed by atoms with van der Waals surface area (Å²) in [6.45, 7) is 2.75. The molecule has 1 aromatic heterocycles. The summed E-state index contributed by atoms with van der Waals surface area (Å²) in [5, 5.41) is 12.6. The van der Waals surface area contributed by atoms with Crippen LogP contribution in [0.25, 0.3) is 11.0 Å². The maximum absolute atomic E-state index is 12.2. The van der Waals surface area contributed by atoms with E-state index in [1.54, 1.807) is 0 Å². The van der Waals surface area contributed by atoms with Crippen molar-refractivity contribution in [3.05, 3.63) is 30.1 Å². The molecule has 124 valence electrons. The summed E-state index contributed by atoms with van der Waals surface area (Å²) in [7, 11) is 0. The fourth-order valence-corrected chi connectivity index (χ4v) is 3.38. The average molecular weight is 315 g/mol. The summed E-state index contributed by atoms with van der Waals surface area (Å²) in [6.07, 6.45) is 4.46. The molecule has 1 saturated carbocycles. The molecule has 23 heavy (non-hydrogen) atoms. The first-order valence-electron chi connectivity index (χ1n) is 8.59. The second-order valence-corrected chi connectivity index (χ2v) is 6.34. The van der Waals surface area contributed by atoms with Gasteiger partial charge in [0.25, 0.3) is 0 Å². The third-order valence-corrected chi connectivity index (χ3v) is 4.67. The summed E-state index contributed by atoms with van der Waals surface area (Å²) in [6, 6.07) is 8.29. The Balaban J connectivity index is 1.60. The molecule has 1 aliphatic carbocycles. The van der Waals surface area contributed by atoms with Crippen molar-refractivity contribution in [1.29, 1.82) is 0 Å². The van der Waals surface area contributed by atoms with Gasteiger partial charge < -0.3 is 15.0 Å². The molecule has 3 rings (SSSR count). The number of amides is 1. The molecule has 1 fully saturated rings. The third kappa shape index (κ3) is 3.72. The van der Waals surface area contributed by atoms with E-state index in [9.17, 15) is 9.90 Å². The van der Waals surface area contributed by atoms with Crippen LogP contribution in [0.2, 0.25) is 0 Å². The van der Waals surface area contributed by atoms with Gasteiger partial charge in [-0.1, -0.05) is 19.1 Å². The number of nitrogens with zero attached hydrogens (tertiary/aromatic N) is 2. The number of benzene rings is 1. The standard InChI is InChI=1S/C18H25N3O2/c1-2-17-20-15-5-3-4-6-16(15)21(17)12-11-18(23)19-13-7-9-14(22)10-8-13/h3-6,13-14,22H,2,7-12H2,1H3,(H,19,23). The van der Waals surface area contributed by atoms with Gasteiger partial charge in [-0.25, -0.2) is 4.98 Å². The maximum atomic E-state index is 12.2. The number of aliphatic hydroxyl groups excluding tert-OH is 1. The predicted octanol–water partition coefficient (Wildman–Crippen LogP) is 2.41. The first-order chi connectivity index (χ1) is 11.2. The predicted molar refractivity (Wildman–Crippen MR) is 90.1 cm³/mol. The number of aromatic nitrogens is 2. The van der Waals surface area contributed by atoms with Crippen molar-refractivity contribution in [2.75, 3.05) is 0 Å². The van der Waals surface area contributed by atoms with Crippen LogP contribution in [0.4, 0.5) is 0 Å². The van der Waals surface area contributed by atoms with Gasteiger partial charge in [-0.2, -0.15) is 0 Å². The topological polar surface area (TPSA) is 67.2 Å². The highest BCUT2D eigenvalue weighted by atomic mass is 16.3. The lowest BCUT2D eigenvalue weighted by Crippen LogP contribution is -2.38. The number of para-hydroxylation sites is 2. The second-order valence-electron chi connectivity index (χ2n) is 6.34. The fraction of sp³-hybridized carbons (Fsp3) is 0.556. The largest absolute Gasteiger partial charge is 0.393 e. The van der Waals surface area contributed by atoms with Gasteiger partial charge in [0.2, 0.25) is 5.91 Å². The molecular weight excluding hydrogens is 290 g/mol. The maximum Gasteiger partial charge on any atom is 0.222 e. The highest BCUT2D eigenvalue weighted by Gasteiger charge is 2.20. The van der Waals surface area contributed by atoms with Gasteiger partial charge in [-0.05, 0) is 37.8 Å². The zero-order chi connectivity index (χ0) is 16.2. The Morgan fingerprint density at radius 2 is 2.04 bits per heavy atom. The van der Waals surface area contributed by atoms with Crippen molar-refractivity contribution < 1.29 is 9.90 Å². The first kappa shape index (κ1) is 16.0. The molecule has 0 aliphatic heterocycles. The zero-order valence-corrected chi connectivity index (χ0v) is 13.7. The van der Waals surface area contributed by atoms with Crippen molar-refractivity contribution in [3.8, 4) is 0 Å². The van der Waals surface area contributed by atoms with Gasteiger partial charge in [0.1, 0.15) is 5.82 Å². The Hall–Kier alpha value is -1.88. The smallest absolute Gasteiger partial charge is 0.222 e. The first-order valence-corrected chi connectivity index (χ1v) is 8.59. The van der Waals surface area contributed by atoms with Crippen LogP contribution in [0, 0.1) is 0 Å². The zero-order valence-electron chi connectivity index (χ0n) is 13.7. The minimum Gasteiger partial charge on any atom is -0.393 e. The lowest BCUT2D eigenvalue weighted by molar-refractivity contribution is -0.122. The van der Waals surface area contributed by atoms with Crippen molar-refractivity contribution in [2.45, 2.75) is 64.1 Å². The number of aryl methyl sites for hydroxylation is 2. The van der Waals surface area contributed by atoms with Crippen molar-refractivity contribution in [3.63, 3.8) is 0 Å². The summed E-state index contributed by atoms with van der Waals surface area (Å²) in [5.74, 6) is 1.12. The number of carbonyl (C=O) groups is 1. The van der Waals surface area contributed by atoms with E-state index >= 15 is 0 Å². The van der Waals surface area contributed by atoms with E-state index in [1.165, 1.54) is 0 Å². The molecular formula is C18H25N3O2. The van der Waals surface area contributed by atoms with Crippen molar-refractivity contribution in [1.82, 2.24) is 14.9 Å². The summed E-state index contributed by atoms with van der Waals surface area (Å²) in [5.41, 5.74) is 2.09. The van der Waals surface area contributed by atoms with E-state index in [-0.39, 0.29) is 18.1 Å². The highest BCUT2D eigenvalue weighted by Crippen LogP contribution is 2.19. The van der Waals surface area contributed by atoms with E-state index in [1.807, 2.05) is 18.2 Å². The highest BCUT2D eigenvalue weighted by molar-refractivity contribution is 5.78. The van der Waals surface area contributed by atoms with Crippen LogP contribution in [-0.4, -0.2) is 32.7 Å². The molecule has 1 aliphatic rings. The average Bonchev–Trinajstić information content (AvgIpc) is 2.93. The number of imidazole rings is 1. The molecule has 2 N–H and O–H groups in total. The van der Waals surface area contributed by atoms with Crippen LogP contribution in [0.1, 0.15) is 44.9 Å². The molecule has 0 saturated heterocycles. The van der Waals surface area contributed by atoms with Gasteiger partial charge >= 0.3 is 0 Å². The van der Waals surface area contributed by atoms with Crippen molar-refractivity contribution >= 4 is 16.9 Å². The third-order valence-electron chi connectivity index (χ3n) is 4.67. The quantitative estimate of drug-likeness (QED) is 0.890. The Bertz CT molecular complexity index is 672. The van der Waals surface area contributed by atoms with E-state index < -0.39 is 0 Å². The number of fused-ring (bicyclic) bond motifs is 1. The number of rotatable bonds is 5. The van der Waals surface area contributed by atoms with Gasteiger partial charge in [0, 0.05) is 25.4 Å². The molecule has 1 aromatic carbocycles. The summed E-state index contributed by atoms with van der Waals surface area (Å²) < 4.78 is 2.15. The van der Waals surface area contributed by atoms with Crippen LogP contribution in [0.15, 0.2) is 24.3 Å². The molecule has 5 heteroatoms. The summed E-state index contributed by atoms with van der Waals surface area (Å²) in [4.78, 5) is 16.9. The molecule has 2 aromatic rings. The number of hydrogen-bond donors (Lipinski definition) is 2. The Morgan fingerprint density at radius 1 is 1.30 bits per heavy atom. The number of aliphatic hydroxyl groups is 1. The van der Waals surface area contributed by atoms with Gasteiger partial charge in [-0.15, -0.1) is 0 Å². The monoisotopic (exact) mass is 315 g/mol. The molecule has 5 nitrogen and oxygen atoms in total.